The van der Waals surface area contributed by atoms with Crippen molar-refractivity contribution in [2.75, 3.05) is 0 Å². The number of hydrogen-bond donors (Lipinski definition) is 2. The largest absolute Gasteiger partial charge is 0.507 e. The van der Waals surface area contributed by atoms with E-state index >= 15 is 0 Å². The molecule has 0 spiro atoms. The molecule has 35 heavy (non-hydrogen) atoms. The summed E-state index contributed by atoms with van der Waals surface area (Å²) in [6, 6.07) is 17.2. The van der Waals surface area contributed by atoms with Crippen LogP contribution in [0, 0.1) is 0 Å². The molecule has 0 bridgehead atoms. The predicted octanol–water partition coefficient (Wildman–Crippen LogP) is 7.92. The zero-order valence-electron chi connectivity index (χ0n) is 21.6. The minimum absolute atomic E-state index is 0.0688. The van der Waals surface area contributed by atoms with Crippen LogP contribution in [0.5, 0.6) is 11.5 Å². The van der Waals surface area contributed by atoms with Gasteiger partial charge in [-0.2, -0.15) is 0 Å². The average molecular weight is 469 g/mol. The fourth-order valence-electron chi connectivity index (χ4n) is 3.76. The van der Waals surface area contributed by atoms with Gasteiger partial charge in [0.2, 0.25) is 0 Å². The Morgan fingerprint density at radius 3 is 1.89 bits per heavy atom. The van der Waals surface area contributed by atoms with Crippen molar-refractivity contribution in [1.29, 1.82) is 0 Å². The van der Waals surface area contributed by atoms with Gasteiger partial charge in [-0.3, -0.25) is 9.98 Å². The molecule has 0 radical (unpaired) electrons. The molecule has 0 aliphatic heterocycles. The van der Waals surface area contributed by atoms with Gasteiger partial charge in [-0.1, -0.05) is 78.0 Å². The fourth-order valence-corrected chi connectivity index (χ4v) is 3.76. The van der Waals surface area contributed by atoms with Gasteiger partial charge in [0.15, 0.2) is 0 Å². The van der Waals surface area contributed by atoms with E-state index in [9.17, 15) is 10.2 Å². The highest BCUT2D eigenvalue weighted by atomic mass is 16.3. The molecule has 0 saturated heterocycles. The van der Waals surface area contributed by atoms with Crippen LogP contribution >= 0.6 is 0 Å². The van der Waals surface area contributed by atoms with E-state index in [1.807, 2.05) is 48.5 Å². The topological polar surface area (TPSA) is 65.2 Å². The molecular formula is C31H36N2O2. The number of nitrogens with zero attached hydrogens (tertiary/aromatic N) is 2. The third-order valence-corrected chi connectivity index (χ3v) is 5.90. The zero-order valence-corrected chi connectivity index (χ0v) is 21.6. The predicted molar refractivity (Wildman–Crippen MR) is 148 cm³/mol. The lowest BCUT2D eigenvalue weighted by Gasteiger charge is -2.27. The average Bonchev–Trinajstić information content (AvgIpc) is 2.78. The molecule has 0 aliphatic rings. The van der Waals surface area contributed by atoms with Gasteiger partial charge in [-0.15, -0.1) is 6.58 Å². The highest BCUT2D eigenvalue weighted by Gasteiger charge is 2.24. The summed E-state index contributed by atoms with van der Waals surface area (Å²) in [5.41, 5.74) is 5.21. The molecule has 4 heteroatoms. The van der Waals surface area contributed by atoms with Gasteiger partial charge in [0.05, 0.1) is 11.4 Å². The number of hydrogen-bond acceptors (Lipinski definition) is 4. The third-order valence-electron chi connectivity index (χ3n) is 5.90. The second-order valence-corrected chi connectivity index (χ2v) is 10.8. The molecule has 3 aromatic rings. The molecule has 0 aromatic heterocycles. The second kappa shape index (κ2) is 10.3. The molecule has 4 nitrogen and oxygen atoms in total. The summed E-state index contributed by atoms with van der Waals surface area (Å²) in [6.45, 7) is 16.5. The van der Waals surface area contributed by atoms with Gasteiger partial charge in [0.25, 0.3) is 0 Å². The Balaban J connectivity index is 2.01. The van der Waals surface area contributed by atoms with Crippen molar-refractivity contribution in [3.63, 3.8) is 0 Å². The van der Waals surface area contributed by atoms with Gasteiger partial charge < -0.3 is 10.2 Å². The van der Waals surface area contributed by atoms with Crippen LogP contribution in [0.4, 0.5) is 11.4 Å². The fraction of sp³-hybridized carbons (Fsp3) is 0.290. The first-order valence-corrected chi connectivity index (χ1v) is 11.9. The molecule has 0 fully saturated rings. The maximum Gasteiger partial charge on any atom is 0.128 e. The van der Waals surface area contributed by atoms with Crippen molar-refractivity contribution in [1.82, 2.24) is 0 Å². The number of phenolic OH excluding ortho intramolecular Hbond substituents is 2. The molecule has 0 heterocycles. The van der Waals surface area contributed by atoms with E-state index in [1.54, 1.807) is 18.5 Å². The Morgan fingerprint density at radius 1 is 0.743 bits per heavy atom. The lowest BCUT2D eigenvalue weighted by Crippen LogP contribution is -2.17. The molecule has 0 unspecified atom stereocenters. The molecule has 2 N–H and O–H groups in total. The maximum atomic E-state index is 11.1. The first-order valence-electron chi connectivity index (χ1n) is 11.9. The molecule has 0 atom stereocenters. The van der Waals surface area contributed by atoms with Gasteiger partial charge in [-0.05, 0) is 52.6 Å². The van der Waals surface area contributed by atoms with E-state index in [0.717, 1.165) is 16.7 Å². The van der Waals surface area contributed by atoms with E-state index in [2.05, 4.69) is 59.2 Å². The Hall–Kier alpha value is -3.66. The van der Waals surface area contributed by atoms with E-state index in [1.165, 1.54) is 0 Å². The molecule has 0 aliphatic carbocycles. The summed E-state index contributed by atoms with van der Waals surface area (Å²) in [5, 5.41) is 21.6. The van der Waals surface area contributed by atoms with E-state index < -0.39 is 0 Å². The van der Waals surface area contributed by atoms with Gasteiger partial charge in [-0.25, -0.2) is 0 Å². The monoisotopic (exact) mass is 468 g/mol. The van der Waals surface area contributed by atoms with Crippen molar-refractivity contribution >= 4 is 23.8 Å². The van der Waals surface area contributed by atoms with Gasteiger partial charge in [0, 0.05) is 29.1 Å². The lowest BCUT2D eigenvalue weighted by molar-refractivity contribution is 0.444. The van der Waals surface area contributed by atoms with Crippen molar-refractivity contribution in [3.8, 4) is 11.5 Å². The molecular weight excluding hydrogens is 432 g/mol. The van der Waals surface area contributed by atoms with Crippen molar-refractivity contribution in [2.45, 2.75) is 58.8 Å². The van der Waals surface area contributed by atoms with Gasteiger partial charge >= 0.3 is 0 Å². The minimum atomic E-state index is -0.210. The molecule has 0 saturated carbocycles. The highest BCUT2D eigenvalue weighted by Crippen LogP contribution is 2.37. The first kappa shape index (κ1) is 26.0. The van der Waals surface area contributed by atoms with Crippen LogP contribution < -0.4 is 0 Å². The van der Waals surface area contributed by atoms with Gasteiger partial charge in [0.1, 0.15) is 11.5 Å². The summed E-state index contributed by atoms with van der Waals surface area (Å²) in [5.74, 6) is 0.454. The van der Waals surface area contributed by atoms with Crippen LogP contribution in [0.2, 0.25) is 0 Å². The minimum Gasteiger partial charge on any atom is -0.507 e. The van der Waals surface area contributed by atoms with Crippen LogP contribution in [0.25, 0.3) is 0 Å². The quantitative estimate of drug-likeness (QED) is 0.285. The molecule has 0 amide bonds. The van der Waals surface area contributed by atoms with E-state index in [-0.39, 0.29) is 22.3 Å². The standard InChI is InChI=1S/C31H36N2O2/c1-8-12-21-13-11-14-22(28(21)34)19-32-26-15-9-10-16-27(26)33-20-23-17-24(30(2,3)4)18-25(29(23)35)31(5,6)7/h8-11,13-20,34-35H,1,12H2,2-7H3. The molecule has 182 valence electrons. The third kappa shape index (κ3) is 6.27. The Kier molecular flexibility index (Phi) is 7.64. The van der Waals surface area contributed by atoms with Crippen LogP contribution in [0.15, 0.2) is 77.2 Å². The number of allylic oxidation sites excluding steroid dienone is 1. The SMILES string of the molecule is C=CCc1cccc(C=Nc2ccccc2N=Cc2cc(C(C)(C)C)cc(C(C)(C)C)c2O)c1O. The normalized spacial score (nSPS) is 12.5. The second-order valence-electron chi connectivity index (χ2n) is 10.8. The summed E-state index contributed by atoms with van der Waals surface area (Å²) < 4.78 is 0. The Labute approximate surface area is 209 Å². The molecule has 3 rings (SSSR count). The van der Waals surface area contributed by atoms with Crippen LogP contribution in [0.3, 0.4) is 0 Å². The van der Waals surface area contributed by atoms with Crippen molar-refractivity contribution in [3.05, 3.63) is 95.1 Å². The number of aliphatic imine (C=N–C) groups is 2. The lowest BCUT2D eigenvalue weighted by atomic mass is 9.79. The van der Waals surface area contributed by atoms with Crippen LogP contribution in [0.1, 0.15) is 69.4 Å². The number of rotatable bonds is 6. The Bertz CT molecular complexity index is 1270. The summed E-state index contributed by atoms with van der Waals surface area (Å²) in [7, 11) is 0. The zero-order chi connectivity index (χ0) is 25.8. The van der Waals surface area contributed by atoms with E-state index in [4.69, 9.17) is 4.99 Å². The maximum absolute atomic E-state index is 11.1. The van der Waals surface area contributed by atoms with Crippen LogP contribution in [-0.2, 0) is 17.3 Å². The smallest absolute Gasteiger partial charge is 0.128 e. The van der Waals surface area contributed by atoms with Crippen molar-refractivity contribution < 1.29 is 10.2 Å². The first-order chi connectivity index (χ1) is 16.4. The molecule has 3 aromatic carbocycles. The van der Waals surface area contributed by atoms with Crippen molar-refractivity contribution in [2.24, 2.45) is 9.98 Å². The van der Waals surface area contributed by atoms with E-state index in [0.29, 0.717) is 28.9 Å². The number of para-hydroxylation sites is 3. The summed E-state index contributed by atoms with van der Waals surface area (Å²) in [4.78, 5) is 9.29. The Morgan fingerprint density at radius 2 is 1.34 bits per heavy atom. The number of phenols is 2. The van der Waals surface area contributed by atoms with Crippen LogP contribution in [-0.4, -0.2) is 22.6 Å². The number of benzene rings is 3. The highest BCUT2D eigenvalue weighted by molar-refractivity contribution is 5.90. The summed E-state index contributed by atoms with van der Waals surface area (Å²) >= 11 is 0. The number of aromatic hydroxyl groups is 2. The summed E-state index contributed by atoms with van der Waals surface area (Å²) in [6.07, 6.45) is 5.69.